The maximum atomic E-state index is 11.4. The smallest absolute Gasteiger partial charge is 0.325 e. The molecule has 1 aliphatic rings. The largest absolute Gasteiger partial charge is 0.480 e. The first-order valence-corrected chi connectivity index (χ1v) is 5.88. The Labute approximate surface area is 100 Å². The van der Waals surface area contributed by atoms with Gasteiger partial charge in [0.15, 0.2) is 0 Å². The van der Waals surface area contributed by atoms with E-state index in [1.54, 1.807) is 0 Å². The number of hydrogen-bond donors (Lipinski definition) is 2. The molecule has 0 radical (unpaired) electrons. The second-order valence-corrected chi connectivity index (χ2v) is 4.37. The molecule has 2 rings (SSSR count). The van der Waals surface area contributed by atoms with Crippen molar-refractivity contribution in [1.29, 1.82) is 0 Å². The van der Waals surface area contributed by atoms with E-state index in [1.807, 2.05) is 35.2 Å². The van der Waals surface area contributed by atoms with E-state index in [0.29, 0.717) is 0 Å². The van der Waals surface area contributed by atoms with Gasteiger partial charge in [0.25, 0.3) is 0 Å². The predicted octanol–water partition coefficient (Wildman–Crippen LogP) is 1.27. The fraction of sp³-hybridized carbons (Fsp3) is 0.462. The summed E-state index contributed by atoms with van der Waals surface area (Å²) in [4.78, 5) is 13.3. The topological polar surface area (TPSA) is 60.8 Å². The molecule has 4 heteroatoms. The van der Waals surface area contributed by atoms with Crippen LogP contribution in [0.25, 0.3) is 0 Å². The number of carboxylic acid groups (broad SMARTS) is 1. The molecule has 4 nitrogen and oxygen atoms in total. The summed E-state index contributed by atoms with van der Waals surface area (Å²) in [5, 5.41) is 18.7. The highest BCUT2D eigenvalue weighted by molar-refractivity contribution is 5.75. The lowest BCUT2D eigenvalue weighted by Crippen LogP contribution is -2.39. The van der Waals surface area contributed by atoms with Crippen molar-refractivity contribution in [3.63, 3.8) is 0 Å². The quantitative estimate of drug-likeness (QED) is 0.825. The van der Waals surface area contributed by atoms with Crippen molar-refractivity contribution in [1.82, 2.24) is 4.90 Å². The van der Waals surface area contributed by atoms with E-state index in [-0.39, 0.29) is 12.6 Å². The lowest BCUT2D eigenvalue weighted by atomic mass is 10.0. The Hall–Kier alpha value is -1.39. The maximum Gasteiger partial charge on any atom is 0.325 e. The van der Waals surface area contributed by atoms with Crippen LogP contribution in [0.2, 0.25) is 0 Å². The van der Waals surface area contributed by atoms with Crippen LogP contribution >= 0.6 is 0 Å². The van der Waals surface area contributed by atoms with Gasteiger partial charge in [0.1, 0.15) is 6.04 Å². The Bertz CT molecular complexity index is 380. The SMILES string of the molecule is O=C(O)C(c1ccccc1)N1CCCC1CO. The molecule has 1 heterocycles. The van der Waals surface area contributed by atoms with Crippen LogP contribution in [0, 0.1) is 0 Å². The van der Waals surface area contributed by atoms with Gasteiger partial charge in [-0.25, -0.2) is 0 Å². The van der Waals surface area contributed by atoms with E-state index in [9.17, 15) is 15.0 Å². The Balaban J connectivity index is 2.27. The van der Waals surface area contributed by atoms with Crippen LogP contribution in [0.4, 0.5) is 0 Å². The molecular weight excluding hydrogens is 218 g/mol. The van der Waals surface area contributed by atoms with E-state index < -0.39 is 12.0 Å². The van der Waals surface area contributed by atoms with Gasteiger partial charge in [-0.1, -0.05) is 30.3 Å². The summed E-state index contributed by atoms with van der Waals surface area (Å²) in [6.07, 6.45) is 1.81. The molecule has 2 unspecified atom stereocenters. The molecule has 1 saturated heterocycles. The molecule has 0 spiro atoms. The second-order valence-electron chi connectivity index (χ2n) is 4.37. The van der Waals surface area contributed by atoms with Gasteiger partial charge in [-0.15, -0.1) is 0 Å². The first-order chi connectivity index (χ1) is 8.24. The third kappa shape index (κ3) is 2.48. The molecule has 1 aromatic carbocycles. The minimum absolute atomic E-state index is 0.0244. The second kappa shape index (κ2) is 5.29. The van der Waals surface area contributed by atoms with E-state index in [1.165, 1.54) is 0 Å². The molecule has 2 atom stereocenters. The predicted molar refractivity (Wildman–Crippen MR) is 63.6 cm³/mol. The molecule has 1 aliphatic heterocycles. The van der Waals surface area contributed by atoms with E-state index >= 15 is 0 Å². The molecule has 92 valence electrons. The van der Waals surface area contributed by atoms with Gasteiger partial charge in [0.2, 0.25) is 0 Å². The normalized spacial score (nSPS) is 22.5. The van der Waals surface area contributed by atoms with E-state index in [4.69, 9.17) is 0 Å². The van der Waals surface area contributed by atoms with E-state index in [2.05, 4.69) is 0 Å². The fourth-order valence-electron chi connectivity index (χ4n) is 2.51. The zero-order valence-corrected chi connectivity index (χ0v) is 9.62. The van der Waals surface area contributed by atoms with Crippen LogP contribution in [0.3, 0.4) is 0 Å². The van der Waals surface area contributed by atoms with Gasteiger partial charge in [-0.2, -0.15) is 0 Å². The summed E-state index contributed by atoms with van der Waals surface area (Å²) in [5.41, 5.74) is 0.778. The first kappa shape index (κ1) is 12.1. The highest BCUT2D eigenvalue weighted by atomic mass is 16.4. The average Bonchev–Trinajstić information content (AvgIpc) is 2.78. The van der Waals surface area contributed by atoms with Crippen LogP contribution in [0.5, 0.6) is 0 Å². The summed E-state index contributed by atoms with van der Waals surface area (Å²) < 4.78 is 0. The molecule has 17 heavy (non-hydrogen) atoms. The Morgan fingerprint density at radius 1 is 1.41 bits per heavy atom. The van der Waals surface area contributed by atoms with Crippen molar-refractivity contribution in [3.05, 3.63) is 35.9 Å². The average molecular weight is 235 g/mol. The van der Waals surface area contributed by atoms with Crippen molar-refractivity contribution < 1.29 is 15.0 Å². The minimum Gasteiger partial charge on any atom is -0.480 e. The van der Waals surface area contributed by atoms with Gasteiger partial charge in [-0.05, 0) is 24.9 Å². The van der Waals surface area contributed by atoms with Crippen LogP contribution in [-0.2, 0) is 4.79 Å². The van der Waals surface area contributed by atoms with Crippen molar-refractivity contribution >= 4 is 5.97 Å². The summed E-state index contributed by atoms with van der Waals surface area (Å²) in [6.45, 7) is 0.758. The molecule has 2 N–H and O–H groups in total. The lowest BCUT2D eigenvalue weighted by molar-refractivity contribution is -0.144. The Morgan fingerprint density at radius 2 is 2.12 bits per heavy atom. The molecule has 0 bridgehead atoms. The van der Waals surface area contributed by atoms with Crippen LogP contribution in [0.1, 0.15) is 24.4 Å². The number of likely N-dealkylation sites (tertiary alicyclic amines) is 1. The Morgan fingerprint density at radius 3 is 2.71 bits per heavy atom. The monoisotopic (exact) mass is 235 g/mol. The standard InChI is InChI=1S/C13H17NO3/c15-9-11-7-4-8-14(11)12(13(16)17)10-5-2-1-3-6-10/h1-3,5-6,11-12,15H,4,7-9H2,(H,16,17). The summed E-state index contributed by atoms with van der Waals surface area (Å²) in [7, 11) is 0. The highest BCUT2D eigenvalue weighted by Gasteiger charge is 2.35. The number of nitrogens with zero attached hydrogens (tertiary/aromatic N) is 1. The molecular formula is C13H17NO3. The number of aliphatic hydroxyl groups is 1. The van der Waals surface area contributed by atoms with Gasteiger partial charge >= 0.3 is 5.97 Å². The fourth-order valence-corrected chi connectivity index (χ4v) is 2.51. The third-order valence-corrected chi connectivity index (χ3v) is 3.31. The number of aliphatic hydroxyl groups excluding tert-OH is 1. The molecule has 0 amide bonds. The van der Waals surface area contributed by atoms with Crippen LogP contribution in [-0.4, -0.2) is 40.3 Å². The molecule has 0 saturated carbocycles. The van der Waals surface area contributed by atoms with E-state index in [0.717, 1.165) is 24.9 Å². The van der Waals surface area contributed by atoms with Gasteiger partial charge in [0, 0.05) is 6.04 Å². The van der Waals surface area contributed by atoms with Gasteiger partial charge in [0.05, 0.1) is 6.61 Å². The highest BCUT2D eigenvalue weighted by Crippen LogP contribution is 2.29. The van der Waals surface area contributed by atoms with Crippen molar-refractivity contribution in [2.45, 2.75) is 24.9 Å². The number of aliphatic carboxylic acids is 1. The van der Waals surface area contributed by atoms with Crippen molar-refractivity contribution in [2.24, 2.45) is 0 Å². The number of benzene rings is 1. The zero-order valence-electron chi connectivity index (χ0n) is 9.62. The maximum absolute atomic E-state index is 11.4. The number of carbonyl (C=O) groups is 1. The van der Waals surface area contributed by atoms with Crippen LogP contribution in [0.15, 0.2) is 30.3 Å². The molecule has 0 aromatic heterocycles. The Kier molecular flexibility index (Phi) is 3.76. The summed E-state index contributed by atoms with van der Waals surface area (Å²) >= 11 is 0. The van der Waals surface area contributed by atoms with Crippen molar-refractivity contribution in [2.75, 3.05) is 13.2 Å². The lowest BCUT2D eigenvalue weighted by Gasteiger charge is -2.29. The van der Waals surface area contributed by atoms with Gasteiger partial charge in [-0.3, -0.25) is 9.69 Å². The molecule has 0 aliphatic carbocycles. The first-order valence-electron chi connectivity index (χ1n) is 5.88. The molecule has 1 fully saturated rings. The zero-order chi connectivity index (χ0) is 12.3. The number of hydrogen-bond acceptors (Lipinski definition) is 3. The van der Waals surface area contributed by atoms with Crippen LogP contribution < -0.4 is 0 Å². The molecule has 1 aromatic rings. The number of rotatable bonds is 4. The van der Waals surface area contributed by atoms with Gasteiger partial charge < -0.3 is 10.2 Å². The number of carboxylic acids is 1. The summed E-state index contributed by atoms with van der Waals surface area (Å²) in [6, 6.07) is 8.53. The summed E-state index contributed by atoms with van der Waals surface area (Å²) in [5.74, 6) is -0.850. The third-order valence-electron chi connectivity index (χ3n) is 3.31. The minimum atomic E-state index is -0.850. The van der Waals surface area contributed by atoms with Crippen molar-refractivity contribution in [3.8, 4) is 0 Å².